The lowest BCUT2D eigenvalue weighted by Gasteiger charge is -2.44. The van der Waals surface area contributed by atoms with Gasteiger partial charge in [-0.05, 0) is 87.5 Å². The minimum Gasteiger partial charge on any atom is -0.619 e. The first-order valence-electron chi connectivity index (χ1n) is 18.7. The molecule has 1 aliphatic carbocycles. The molecule has 3 aromatic rings. The summed E-state index contributed by atoms with van der Waals surface area (Å²) in [5.74, 6) is -4.33. The number of hydrogen-bond acceptors (Lipinski definition) is 12. The summed E-state index contributed by atoms with van der Waals surface area (Å²) in [7, 11) is 1.56. The Morgan fingerprint density at radius 3 is 2.32 bits per heavy atom. The van der Waals surface area contributed by atoms with Crippen molar-refractivity contribution in [1.29, 1.82) is 0 Å². The SMILES string of the molecule is CN(CNc1cccc(C(OC(=O)C(F)(F)F)C(=O)O[C@H]2CN3CCC2CC3)c1)CC(=O)O[C@@H](Cc1c(Cl)c[n+]([O-])cc1Cl)c1ccc(OC(F)F)c(OCC2CC2)c1. The quantitative estimate of drug-likeness (QED) is 0.0366. The van der Waals surface area contributed by atoms with E-state index in [0.29, 0.717) is 22.5 Å². The molecule has 0 spiro atoms. The molecule has 3 atom stereocenters. The summed E-state index contributed by atoms with van der Waals surface area (Å²) in [4.78, 5) is 42.3. The van der Waals surface area contributed by atoms with Gasteiger partial charge in [-0.1, -0.05) is 41.4 Å². The summed E-state index contributed by atoms with van der Waals surface area (Å²) < 4.78 is 93.4. The van der Waals surface area contributed by atoms with Gasteiger partial charge in [-0.15, -0.1) is 0 Å². The van der Waals surface area contributed by atoms with Crippen LogP contribution in [0, 0.1) is 17.0 Å². The summed E-state index contributed by atoms with van der Waals surface area (Å²) in [6.07, 6.45) is -3.63. The van der Waals surface area contributed by atoms with Crippen LogP contribution >= 0.6 is 23.2 Å². The minimum absolute atomic E-state index is 0.00428. The number of benzene rings is 2. The van der Waals surface area contributed by atoms with Gasteiger partial charge in [-0.2, -0.15) is 26.7 Å². The molecule has 3 aliphatic heterocycles. The average molecular weight is 876 g/mol. The zero-order valence-corrected chi connectivity index (χ0v) is 33.1. The fraction of sp³-hybridized carbons (Fsp3) is 0.487. The number of hydrogen-bond donors (Lipinski definition) is 1. The standard InChI is InChI=1S/C39H41Cl2F5N4O9/c1-48(21-47-26-4-2-3-25(13-26)35(59-37(53)39(44,45)46)36(52)57-33-18-49-11-9-23(33)10-12-49)19-34(51)56-31(15-27-28(40)16-50(54)17-29(27)41)24-7-8-30(58-38(42)43)32(14-24)55-20-22-5-6-22/h2-4,7-8,13-14,16-17,22-23,31,33,35,38,47H,5-6,9-12,15,18-21H2,1H3/t31-,33-,35?/m0/s1. The van der Waals surface area contributed by atoms with Gasteiger partial charge in [0.2, 0.25) is 6.10 Å². The fourth-order valence-corrected chi connectivity index (χ4v) is 7.45. The van der Waals surface area contributed by atoms with Crippen LogP contribution in [0.4, 0.5) is 27.6 Å². The maximum absolute atomic E-state index is 13.4. The molecule has 1 saturated carbocycles. The van der Waals surface area contributed by atoms with Crippen LogP contribution in [-0.2, 0) is 35.0 Å². The van der Waals surface area contributed by atoms with Gasteiger partial charge in [0.15, 0.2) is 23.9 Å². The van der Waals surface area contributed by atoms with Crippen LogP contribution in [0.3, 0.4) is 0 Å². The Labute approximate surface area is 345 Å². The van der Waals surface area contributed by atoms with E-state index >= 15 is 0 Å². The van der Waals surface area contributed by atoms with Crippen molar-refractivity contribution in [3.8, 4) is 11.5 Å². The second kappa shape index (κ2) is 19.2. The Morgan fingerprint density at radius 1 is 0.983 bits per heavy atom. The monoisotopic (exact) mass is 874 g/mol. The number of rotatable bonds is 18. The molecular formula is C39H41Cl2F5N4O9. The molecule has 1 N–H and O–H groups in total. The van der Waals surface area contributed by atoms with Crippen molar-refractivity contribution < 1.29 is 64.8 Å². The number of ether oxygens (including phenoxy) is 5. The van der Waals surface area contributed by atoms with Gasteiger partial charge < -0.3 is 34.2 Å². The van der Waals surface area contributed by atoms with E-state index < -0.39 is 49.0 Å². The Bertz CT molecular complexity index is 1960. The van der Waals surface area contributed by atoms with Crippen molar-refractivity contribution in [2.24, 2.45) is 11.8 Å². The summed E-state index contributed by atoms with van der Waals surface area (Å²) in [6, 6.07) is 9.76. The molecule has 20 heteroatoms. The van der Waals surface area contributed by atoms with E-state index in [-0.39, 0.29) is 70.7 Å². The minimum atomic E-state index is -5.36. The number of pyridine rings is 1. The van der Waals surface area contributed by atoms with Gasteiger partial charge in [0.1, 0.15) is 22.3 Å². The number of carbonyl (C=O) groups excluding carboxylic acids is 3. The molecule has 7 rings (SSSR count). The van der Waals surface area contributed by atoms with Gasteiger partial charge in [-0.25, -0.2) is 9.59 Å². The van der Waals surface area contributed by atoms with E-state index in [1.807, 2.05) is 0 Å². The molecule has 1 unspecified atom stereocenters. The van der Waals surface area contributed by atoms with Crippen LogP contribution in [-0.4, -0.2) is 93.1 Å². The highest BCUT2D eigenvalue weighted by molar-refractivity contribution is 6.35. The third-order valence-electron chi connectivity index (χ3n) is 10.1. The van der Waals surface area contributed by atoms with Crippen molar-refractivity contribution in [2.45, 2.75) is 63.2 Å². The number of halogens is 7. The highest BCUT2D eigenvalue weighted by Gasteiger charge is 2.45. The predicted molar refractivity (Wildman–Crippen MR) is 201 cm³/mol. The van der Waals surface area contributed by atoms with E-state index in [4.69, 9.17) is 37.4 Å². The smallest absolute Gasteiger partial charge is 0.490 e. The maximum atomic E-state index is 13.4. The molecule has 4 heterocycles. The molecule has 0 radical (unpaired) electrons. The molecular weight excluding hydrogens is 834 g/mol. The van der Waals surface area contributed by atoms with Crippen LogP contribution in [0.5, 0.6) is 11.5 Å². The molecule has 13 nitrogen and oxygen atoms in total. The number of nitrogens with zero attached hydrogens (tertiary/aromatic N) is 3. The summed E-state index contributed by atoms with van der Waals surface area (Å²) in [5, 5.41) is 14.9. The topological polar surface area (TPSA) is 143 Å². The molecule has 1 aromatic heterocycles. The lowest BCUT2D eigenvalue weighted by Crippen LogP contribution is -2.52. The number of esters is 3. The number of anilines is 1. The second-order valence-electron chi connectivity index (χ2n) is 14.7. The van der Waals surface area contributed by atoms with Crippen LogP contribution in [0.2, 0.25) is 10.0 Å². The lowest BCUT2D eigenvalue weighted by molar-refractivity contribution is -0.605. The number of aromatic nitrogens is 1. The second-order valence-corrected chi connectivity index (χ2v) is 15.5. The maximum Gasteiger partial charge on any atom is 0.490 e. The number of fused-ring (bicyclic) bond motifs is 3. The van der Waals surface area contributed by atoms with Gasteiger partial charge in [-0.3, -0.25) is 14.6 Å². The number of nitrogens with one attached hydrogen (secondary N) is 1. The molecule has 320 valence electrons. The van der Waals surface area contributed by atoms with Gasteiger partial charge in [0.05, 0.1) is 19.8 Å². The lowest BCUT2D eigenvalue weighted by atomic mass is 9.86. The number of likely N-dealkylation sites (N-methyl/N-ethyl adjacent to an activating group) is 1. The highest BCUT2D eigenvalue weighted by atomic mass is 35.5. The third-order valence-corrected chi connectivity index (χ3v) is 10.8. The molecule has 2 aromatic carbocycles. The van der Waals surface area contributed by atoms with E-state index in [1.165, 1.54) is 41.3 Å². The number of piperidine rings is 3. The summed E-state index contributed by atoms with van der Waals surface area (Å²) >= 11 is 12.7. The molecule has 0 amide bonds. The molecule has 4 aliphatic rings. The Kier molecular flexibility index (Phi) is 14.3. The predicted octanol–water partition coefficient (Wildman–Crippen LogP) is 6.63. The van der Waals surface area contributed by atoms with E-state index in [2.05, 4.69) is 19.7 Å². The summed E-state index contributed by atoms with van der Waals surface area (Å²) in [5.41, 5.74) is 0.823. The van der Waals surface area contributed by atoms with Crippen molar-refractivity contribution >= 4 is 46.8 Å². The Hall–Kier alpha value is -4.65. The van der Waals surface area contributed by atoms with E-state index in [9.17, 15) is 41.5 Å². The largest absolute Gasteiger partial charge is 0.619 e. The van der Waals surface area contributed by atoms with Crippen molar-refractivity contribution in [1.82, 2.24) is 9.80 Å². The fourth-order valence-electron chi connectivity index (χ4n) is 6.85. The first-order valence-corrected chi connectivity index (χ1v) is 19.5. The zero-order chi connectivity index (χ0) is 42.4. The zero-order valence-electron chi connectivity index (χ0n) is 31.6. The summed E-state index contributed by atoms with van der Waals surface area (Å²) in [6.45, 7) is -1.13. The van der Waals surface area contributed by atoms with Gasteiger partial charge >= 0.3 is 30.7 Å². The highest BCUT2D eigenvalue weighted by Crippen LogP contribution is 2.38. The van der Waals surface area contributed by atoms with Crippen molar-refractivity contribution in [3.05, 3.63) is 86.8 Å². The molecule has 59 heavy (non-hydrogen) atoms. The number of alkyl halides is 5. The van der Waals surface area contributed by atoms with E-state index in [0.717, 1.165) is 51.2 Å². The van der Waals surface area contributed by atoms with E-state index in [1.54, 1.807) is 13.1 Å². The van der Waals surface area contributed by atoms with Gasteiger partial charge in [0, 0.05) is 29.8 Å². The number of carbonyl (C=O) groups is 3. The first kappa shape index (κ1) is 43.9. The third kappa shape index (κ3) is 12.2. The molecule has 3 saturated heterocycles. The molecule has 2 bridgehead atoms. The van der Waals surface area contributed by atoms with Crippen LogP contribution < -0.4 is 19.5 Å². The van der Waals surface area contributed by atoms with Crippen LogP contribution in [0.15, 0.2) is 54.9 Å². The van der Waals surface area contributed by atoms with Crippen molar-refractivity contribution in [2.75, 3.05) is 51.8 Å². The van der Waals surface area contributed by atoms with Crippen molar-refractivity contribution in [3.63, 3.8) is 0 Å². The van der Waals surface area contributed by atoms with Gasteiger partial charge in [0.25, 0.3) is 0 Å². The van der Waals surface area contributed by atoms with Crippen LogP contribution in [0.1, 0.15) is 54.6 Å². The Balaban J connectivity index is 1.14. The molecule has 4 fully saturated rings. The average Bonchev–Trinajstić information content (AvgIpc) is 4.01. The Morgan fingerprint density at radius 2 is 1.69 bits per heavy atom. The first-order chi connectivity index (χ1) is 28.0. The normalized spacial score (nSPS) is 19.9. The van der Waals surface area contributed by atoms with Crippen LogP contribution in [0.25, 0.3) is 0 Å².